The third-order valence-electron chi connectivity index (χ3n) is 3.65. The van der Waals surface area contributed by atoms with Crippen molar-refractivity contribution in [2.45, 2.75) is 52.0 Å². The predicted octanol–water partition coefficient (Wildman–Crippen LogP) is 5.16. The van der Waals surface area contributed by atoms with Gasteiger partial charge < -0.3 is 11.1 Å². The van der Waals surface area contributed by atoms with Crippen molar-refractivity contribution >= 4 is 22.4 Å². The minimum absolute atomic E-state index is 0.448. The van der Waals surface area contributed by atoms with E-state index in [9.17, 15) is 0 Å². The van der Waals surface area contributed by atoms with Gasteiger partial charge in [-0.1, -0.05) is 62.9 Å². The first-order valence-corrected chi connectivity index (χ1v) is 8.56. The van der Waals surface area contributed by atoms with Crippen molar-refractivity contribution in [1.29, 1.82) is 0 Å². The molecule has 2 rings (SSSR count). The summed E-state index contributed by atoms with van der Waals surface area (Å²) in [5.41, 5.74) is 8.22. The number of anilines is 2. The lowest BCUT2D eigenvalue weighted by atomic mass is 10.1. The zero-order valence-electron chi connectivity index (χ0n) is 12.9. The summed E-state index contributed by atoms with van der Waals surface area (Å²) in [7, 11) is 0. The molecule has 4 heteroatoms. The molecule has 0 aliphatic carbocycles. The highest BCUT2D eigenvalue weighted by atomic mass is 32.1. The first kappa shape index (κ1) is 15.8. The monoisotopic (exact) mass is 303 g/mol. The van der Waals surface area contributed by atoms with E-state index >= 15 is 0 Å². The van der Waals surface area contributed by atoms with E-state index in [1.165, 1.54) is 43.6 Å². The van der Waals surface area contributed by atoms with Gasteiger partial charge in [0, 0.05) is 6.04 Å². The van der Waals surface area contributed by atoms with Crippen LogP contribution in [0.4, 0.5) is 10.8 Å². The summed E-state index contributed by atoms with van der Waals surface area (Å²) in [5.74, 6) is 0.617. The fourth-order valence-electron chi connectivity index (χ4n) is 2.46. The first-order chi connectivity index (χ1) is 10.2. The molecule has 0 aliphatic rings. The van der Waals surface area contributed by atoms with Gasteiger partial charge >= 0.3 is 0 Å². The van der Waals surface area contributed by atoms with Crippen molar-refractivity contribution in [3.63, 3.8) is 0 Å². The number of benzene rings is 1. The highest BCUT2D eigenvalue weighted by Crippen LogP contribution is 2.37. The highest BCUT2D eigenvalue weighted by molar-refractivity contribution is 7.11. The van der Waals surface area contributed by atoms with E-state index in [-0.39, 0.29) is 0 Å². The summed E-state index contributed by atoms with van der Waals surface area (Å²) >= 11 is 1.46. The second-order valence-electron chi connectivity index (χ2n) is 5.53. The first-order valence-electron chi connectivity index (χ1n) is 7.79. The Balaban J connectivity index is 2.01. The Bertz CT molecular complexity index is 536. The maximum atomic E-state index is 6.05. The number of nitrogen functional groups attached to an aromatic ring is 1. The zero-order chi connectivity index (χ0) is 15.1. The van der Waals surface area contributed by atoms with Gasteiger partial charge in [-0.15, -0.1) is 0 Å². The number of nitrogens with two attached hydrogens (primary N) is 1. The van der Waals surface area contributed by atoms with E-state index in [0.29, 0.717) is 11.9 Å². The van der Waals surface area contributed by atoms with Crippen LogP contribution in [0.1, 0.15) is 46.0 Å². The highest BCUT2D eigenvalue weighted by Gasteiger charge is 2.15. The summed E-state index contributed by atoms with van der Waals surface area (Å²) < 4.78 is 4.31. The number of nitrogens with one attached hydrogen (secondary N) is 1. The number of rotatable bonds is 8. The van der Waals surface area contributed by atoms with Crippen LogP contribution in [0.5, 0.6) is 0 Å². The molecule has 0 radical (unpaired) electrons. The predicted molar refractivity (Wildman–Crippen MR) is 93.8 cm³/mol. The van der Waals surface area contributed by atoms with E-state index in [1.54, 1.807) is 0 Å². The number of hydrogen-bond acceptors (Lipinski definition) is 4. The van der Waals surface area contributed by atoms with Gasteiger partial charge in [-0.25, -0.2) is 0 Å². The van der Waals surface area contributed by atoms with Crippen LogP contribution in [0.3, 0.4) is 0 Å². The largest absolute Gasteiger partial charge is 0.382 e. The van der Waals surface area contributed by atoms with Crippen LogP contribution in [0.2, 0.25) is 0 Å². The fraction of sp³-hybridized carbons (Fsp3) is 0.471. The van der Waals surface area contributed by atoms with Gasteiger partial charge in [0.1, 0.15) is 10.8 Å². The summed E-state index contributed by atoms with van der Waals surface area (Å²) in [5, 5.41) is 4.67. The van der Waals surface area contributed by atoms with E-state index in [0.717, 1.165) is 16.1 Å². The third kappa shape index (κ3) is 4.46. The molecule has 114 valence electrons. The Morgan fingerprint density at radius 1 is 1.19 bits per heavy atom. The van der Waals surface area contributed by atoms with Crippen LogP contribution in [-0.2, 0) is 0 Å². The average molecular weight is 303 g/mol. The minimum atomic E-state index is 0.448. The van der Waals surface area contributed by atoms with Crippen LogP contribution < -0.4 is 11.1 Å². The quantitative estimate of drug-likeness (QED) is 0.662. The van der Waals surface area contributed by atoms with Crippen LogP contribution in [0.25, 0.3) is 11.1 Å². The number of hydrogen-bond donors (Lipinski definition) is 2. The molecule has 1 unspecified atom stereocenters. The van der Waals surface area contributed by atoms with Crippen molar-refractivity contribution in [3.8, 4) is 11.1 Å². The molecule has 1 heterocycles. The molecule has 1 aromatic carbocycles. The second kappa shape index (κ2) is 8.03. The molecule has 0 aliphatic heterocycles. The molecular weight excluding hydrogens is 278 g/mol. The van der Waals surface area contributed by atoms with E-state index in [4.69, 9.17) is 5.73 Å². The topological polar surface area (TPSA) is 50.9 Å². The molecule has 1 atom stereocenters. The van der Waals surface area contributed by atoms with E-state index in [1.807, 2.05) is 18.2 Å². The second-order valence-corrected chi connectivity index (χ2v) is 6.31. The van der Waals surface area contributed by atoms with Gasteiger partial charge in [0.2, 0.25) is 0 Å². The molecular formula is C17H25N3S. The Morgan fingerprint density at radius 3 is 2.67 bits per heavy atom. The van der Waals surface area contributed by atoms with Gasteiger partial charge in [-0.2, -0.15) is 4.37 Å². The Kier molecular flexibility index (Phi) is 6.05. The molecule has 0 bridgehead atoms. The van der Waals surface area contributed by atoms with Crippen molar-refractivity contribution in [1.82, 2.24) is 4.37 Å². The zero-order valence-corrected chi connectivity index (χ0v) is 13.7. The molecule has 0 spiro atoms. The Morgan fingerprint density at radius 2 is 1.95 bits per heavy atom. The summed E-state index contributed by atoms with van der Waals surface area (Å²) in [6, 6.07) is 10.7. The lowest BCUT2D eigenvalue weighted by Crippen LogP contribution is -2.14. The molecule has 2 aromatic rings. The van der Waals surface area contributed by atoms with Crippen LogP contribution in [0, 0.1) is 0 Å². The van der Waals surface area contributed by atoms with Crippen molar-refractivity contribution in [2.75, 3.05) is 11.1 Å². The Labute approximate surface area is 131 Å². The maximum Gasteiger partial charge on any atom is 0.147 e. The maximum absolute atomic E-state index is 6.05. The fourth-order valence-corrected chi connectivity index (χ4v) is 3.31. The molecule has 0 saturated carbocycles. The van der Waals surface area contributed by atoms with Crippen molar-refractivity contribution in [2.24, 2.45) is 0 Å². The summed E-state index contributed by atoms with van der Waals surface area (Å²) in [6.07, 6.45) is 6.39. The van der Waals surface area contributed by atoms with Crippen LogP contribution in [-0.4, -0.2) is 10.4 Å². The van der Waals surface area contributed by atoms with Crippen LogP contribution in [0.15, 0.2) is 30.3 Å². The molecule has 1 aromatic heterocycles. The Hall–Kier alpha value is -1.55. The molecule has 0 amide bonds. The van der Waals surface area contributed by atoms with Gasteiger partial charge in [0.25, 0.3) is 0 Å². The van der Waals surface area contributed by atoms with Gasteiger partial charge in [-0.05, 0) is 30.4 Å². The number of nitrogens with zero attached hydrogens (tertiary/aromatic N) is 1. The minimum Gasteiger partial charge on any atom is -0.382 e. The lowest BCUT2D eigenvalue weighted by molar-refractivity contribution is 0.595. The molecule has 0 saturated heterocycles. The van der Waals surface area contributed by atoms with E-state index < -0.39 is 0 Å². The van der Waals surface area contributed by atoms with Gasteiger partial charge in [0.05, 0.1) is 5.56 Å². The SMILES string of the molecule is CCCCCCC(C)Nc1snc(N)c1-c1ccccc1. The lowest BCUT2D eigenvalue weighted by Gasteiger charge is -2.15. The number of unbranched alkanes of at least 4 members (excludes halogenated alkanes) is 3. The summed E-state index contributed by atoms with van der Waals surface area (Å²) in [4.78, 5) is 0. The molecule has 0 fully saturated rings. The van der Waals surface area contributed by atoms with Crippen molar-refractivity contribution < 1.29 is 0 Å². The van der Waals surface area contributed by atoms with Crippen LogP contribution >= 0.6 is 11.5 Å². The van der Waals surface area contributed by atoms with Gasteiger partial charge in [-0.3, -0.25) is 0 Å². The van der Waals surface area contributed by atoms with E-state index in [2.05, 4.69) is 35.7 Å². The average Bonchev–Trinajstić information content (AvgIpc) is 2.85. The van der Waals surface area contributed by atoms with Gasteiger partial charge in [0.15, 0.2) is 0 Å². The third-order valence-corrected chi connectivity index (χ3v) is 4.44. The number of aromatic nitrogens is 1. The smallest absolute Gasteiger partial charge is 0.147 e. The summed E-state index contributed by atoms with van der Waals surface area (Å²) in [6.45, 7) is 4.48. The molecule has 3 nitrogen and oxygen atoms in total. The van der Waals surface area contributed by atoms with Crippen molar-refractivity contribution in [3.05, 3.63) is 30.3 Å². The molecule has 21 heavy (non-hydrogen) atoms. The molecule has 3 N–H and O–H groups in total. The normalized spacial score (nSPS) is 12.3. The standard InChI is InChI=1S/C17H25N3S/c1-3-4-5-7-10-13(2)19-17-15(16(18)20-21-17)14-11-8-6-9-12-14/h6,8-9,11-13,19H,3-5,7,10H2,1-2H3,(H2,18,20).